The lowest BCUT2D eigenvalue weighted by atomic mass is 9.87. The zero-order valence-electron chi connectivity index (χ0n) is 15.3. The molecule has 1 unspecified atom stereocenters. The van der Waals surface area contributed by atoms with Crippen molar-refractivity contribution in [2.24, 2.45) is 0 Å². The topological polar surface area (TPSA) is 24.5 Å². The molecule has 1 aliphatic rings. The van der Waals surface area contributed by atoms with Gasteiger partial charge in [0.05, 0.1) is 6.04 Å². The van der Waals surface area contributed by atoms with Gasteiger partial charge in [0.1, 0.15) is 12.4 Å². The summed E-state index contributed by atoms with van der Waals surface area (Å²) in [6, 6.07) is 16.8. The van der Waals surface area contributed by atoms with Crippen LogP contribution in [-0.2, 0) is 5.41 Å². The van der Waals surface area contributed by atoms with Crippen molar-refractivity contribution >= 4 is 17.3 Å². The molecule has 2 aromatic carbocycles. The van der Waals surface area contributed by atoms with E-state index >= 15 is 0 Å². The van der Waals surface area contributed by atoms with E-state index in [0.29, 0.717) is 12.6 Å². The van der Waals surface area contributed by atoms with E-state index in [0.717, 1.165) is 30.4 Å². The van der Waals surface area contributed by atoms with Gasteiger partial charge >= 0.3 is 0 Å². The second-order valence-electron chi connectivity index (χ2n) is 7.61. The van der Waals surface area contributed by atoms with Crippen molar-refractivity contribution in [3.63, 3.8) is 0 Å². The molecule has 1 heterocycles. The van der Waals surface area contributed by atoms with Gasteiger partial charge in [-0.25, -0.2) is 0 Å². The van der Waals surface area contributed by atoms with Gasteiger partial charge in [0.25, 0.3) is 0 Å². The highest BCUT2D eigenvalue weighted by Crippen LogP contribution is 2.26. The fourth-order valence-electron chi connectivity index (χ4n) is 3.13. The second kappa shape index (κ2) is 7.67. The number of benzene rings is 2. The summed E-state index contributed by atoms with van der Waals surface area (Å²) in [7, 11) is 0. The van der Waals surface area contributed by atoms with Crippen LogP contribution in [0.25, 0.3) is 0 Å². The Kier molecular flexibility index (Phi) is 5.55. The first-order valence-corrected chi connectivity index (χ1v) is 9.27. The SMILES string of the molecule is CC(C)(C)c1ccc(N2CCNCC2COc2ccc(Cl)cc2)cc1. The van der Waals surface area contributed by atoms with E-state index in [-0.39, 0.29) is 5.41 Å². The Morgan fingerprint density at radius 3 is 2.40 bits per heavy atom. The Hall–Kier alpha value is -1.71. The first kappa shape index (κ1) is 18.1. The molecule has 2 aromatic rings. The summed E-state index contributed by atoms with van der Waals surface area (Å²) < 4.78 is 5.99. The number of halogens is 1. The van der Waals surface area contributed by atoms with E-state index in [1.165, 1.54) is 11.3 Å². The van der Waals surface area contributed by atoms with Gasteiger partial charge < -0.3 is 15.0 Å². The van der Waals surface area contributed by atoms with Crippen LogP contribution in [0.15, 0.2) is 48.5 Å². The van der Waals surface area contributed by atoms with E-state index in [1.54, 1.807) is 0 Å². The third-order valence-electron chi connectivity index (χ3n) is 4.67. The molecule has 3 nitrogen and oxygen atoms in total. The minimum absolute atomic E-state index is 0.180. The molecule has 0 spiro atoms. The van der Waals surface area contributed by atoms with Crippen LogP contribution >= 0.6 is 11.6 Å². The van der Waals surface area contributed by atoms with Crippen molar-refractivity contribution in [2.45, 2.75) is 32.2 Å². The van der Waals surface area contributed by atoms with Gasteiger partial charge in [-0.2, -0.15) is 0 Å². The van der Waals surface area contributed by atoms with Crippen molar-refractivity contribution in [1.29, 1.82) is 0 Å². The van der Waals surface area contributed by atoms with Crippen LogP contribution in [0.4, 0.5) is 5.69 Å². The summed E-state index contributed by atoms with van der Waals surface area (Å²) in [6.07, 6.45) is 0. The van der Waals surface area contributed by atoms with E-state index in [1.807, 2.05) is 24.3 Å². The lowest BCUT2D eigenvalue weighted by Gasteiger charge is -2.38. The zero-order valence-corrected chi connectivity index (χ0v) is 16.0. The third-order valence-corrected chi connectivity index (χ3v) is 4.92. The maximum absolute atomic E-state index is 5.99. The standard InChI is InChI=1S/C21H27ClN2O/c1-21(2,3)16-4-8-18(9-5-16)24-13-12-23-14-19(24)15-25-20-10-6-17(22)7-11-20/h4-11,19,23H,12-15H2,1-3H3. The minimum atomic E-state index is 0.180. The fourth-order valence-corrected chi connectivity index (χ4v) is 3.25. The molecule has 0 radical (unpaired) electrons. The molecule has 1 fully saturated rings. The Morgan fingerprint density at radius 1 is 1.08 bits per heavy atom. The van der Waals surface area contributed by atoms with Crippen LogP contribution in [0, 0.1) is 0 Å². The Balaban J connectivity index is 1.69. The number of anilines is 1. The molecule has 134 valence electrons. The molecule has 0 aliphatic carbocycles. The molecule has 1 atom stereocenters. The normalized spacial score (nSPS) is 18.2. The van der Waals surface area contributed by atoms with Gasteiger partial charge in [-0.1, -0.05) is 44.5 Å². The molecule has 0 bridgehead atoms. The van der Waals surface area contributed by atoms with Crippen molar-refractivity contribution in [3.8, 4) is 5.75 Å². The number of ether oxygens (including phenoxy) is 1. The highest BCUT2D eigenvalue weighted by molar-refractivity contribution is 6.30. The van der Waals surface area contributed by atoms with E-state index in [2.05, 4.69) is 55.3 Å². The molecule has 0 amide bonds. The highest BCUT2D eigenvalue weighted by Gasteiger charge is 2.23. The van der Waals surface area contributed by atoms with Crippen molar-refractivity contribution in [3.05, 3.63) is 59.1 Å². The van der Waals surface area contributed by atoms with Gasteiger partial charge in [0.15, 0.2) is 0 Å². The first-order valence-electron chi connectivity index (χ1n) is 8.90. The molecular formula is C21H27ClN2O. The molecule has 3 rings (SSSR count). The van der Waals surface area contributed by atoms with E-state index in [4.69, 9.17) is 16.3 Å². The molecule has 1 saturated heterocycles. The highest BCUT2D eigenvalue weighted by atomic mass is 35.5. The third kappa shape index (κ3) is 4.68. The number of hydrogen-bond acceptors (Lipinski definition) is 3. The number of piperazine rings is 1. The summed E-state index contributed by atoms with van der Waals surface area (Å²) in [6.45, 7) is 10.3. The zero-order chi connectivity index (χ0) is 17.9. The lowest BCUT2D eigenvalue weighted by Crippen LogP contribution is -2.54. The summed E-state index contributed by atoms with van der Waals surface area (Å²) in [5, 5.41) is 4.20. The average molecular weight is 359 g/mol. The van der Waals surface area contributed by atoms with Crippen LogP contribution in [0.3, 0.4) is 0 Å². The Bertz CT molecular complexity index is 677. The van der Waals surface area contributed by atoms with Crippen LogP contribution < -0.4 is 15.0 Å². The summed E-state index contributed by atoms with van der Waals surface area (Å²) >= 11 is 5.93. The van der Waals surface area contributed by atoms with Crippen molar-refractivity contribution in [2.75, 3.05) is 31.1 Å². The summed E-state index contributed by atoms with van der Waals surface area (Å²) in [4.78, 5) is 2.44. The molecule has 4 heteroatoms. The van der Waals surface area contributed by atoms with Crippen LogP contribution in [0.2, 0.25) is 5.02 Å². The predicted octanol–water partition coefficient (Wildman–Crippen LogP) is 4.49. The quantitative estimate of drug-likeness (QED) is 0.871. The molecule has 0 aromatic heterocycles. The average Bonchev–Trinajstić information content (AvgIpc) is 2.61. The van der Waals surface area contributed by atoms with Crippen LogP contribution in [0.5, 0.6) is 5.75 Å². The predicted molar refractivity (Wildman–Crippen MR) is 106 cm³/mol. The van der Waals surface area contributed by atoms with Crippen LogP contribution in [0.1, 0.15) is 26.3 Å². The van der Waals surface area contributed by atoms with Gasteiger partial charge in [0, 0.05) is 30.3 Å². The van der Waals surface area contributed by atoms with E-state index < -0.39 is 0 Å². The Labute approximate surface area is 155 Å². The minimum Gasteiger partial charge on any atom is -0.491 e. The molecule has 25 heavy (non-hydrogen) atoms. The van der Waals surface area contributed by atoms with E-state index in [9.17, 15) is 0 Å². The van der Waals surface area contributed by atoms with Gasteiger partial charge in [-0.3, -0.25) is 0 Å². The summed E-state index contributed by atoms with van der Waals surface area (Å²) in [5.41, 5.74) is 2.80. The van der Waals surface area contributed by atoms with Crippen LogP contribution in [-0.4, -0.2) is 32.3 Å². The maximum atomic E-state index is 5.99. The maximum Gasteiger partial charge on any atom is 0.119 e. The first-order chi connectivity index (χ1) is 11.9. The molecular weight excluding hydrogens is 332 g/mol. The lowest BCUT2D eigenvalue weighted by molar-refractivity contribution is 0.267. The van der Waals surface area contributed by atoms with Crippen molar-refractivity contribution in [1.82, 2.24) is 5.32 Å². The monoisotopic (exact) mass is 358 g/mol. The fraction of sp³-hybridized carbons (Fsp3) is 0.429. The van der Waals surface area contributed by atoms with Gasteiger partial charge in [-0.15, -0.1) is 0 Å². The molecule has 1 aliphatic heterocycles. The molecule has 0 saturated carbocycles. The summed E-state index contributed by atoms with van der Waals surface area (Å²) in [5.74, 6) is 0.859. The van der Waals surface area contributed by atoms with Crippen molar-refractivity contribution < 1.29 is 4.74 Å². The molecule has 1 N–H and O–H groups in total. The number of hydrogen-bond donors (Lipinski definition) is 1. The smallest absolute Gasteiger partial charge is 0.119 e. The largest absolute Gasteiger partial charge is 0.491 e. The second-order valence-corrected chi connectivity index (χ2v) is 8.05. The number of nitrogens with zero attached hydrogens (tertiary/aromatic N) is 1. The van der Waals surface area contributed by atoms with Gasteiger partial charge in [-0.05, 0) is 47.4 Å². The Morgan fingerprint density at radius 2 is 1.76 bits per heavy atom. The number of rotatable bonds is 4. The van der Waals surface area contributed by atoms with Gasteiger partial charge in [0.2, 0.25) is 0 Å². The number of nitrogens with one attached hydrogen (secondary N) is 1.